The van der Waals surface area contributed by atoms with E-state index < -0.39 is 0 Å². The van der Waals surface area contributed by atoms with E-state index in [4.69, 9.17) is 0 Å². The fraction of sp³-hybridized carbons (Fsp3) is 0.882. The average molecular weight is 230 g/mol. The van der Waals surface area contributed by atoms with E-state index in [1.54, 1.807) is 19.3 Å². The molecule has 0 spiro atoms. The number of hydrogen-bond donors (Lipinski definition) is 0. The Morgan fingerprint density at radius 1 is 0.706 bits per heavy atom. The van der Waals surface area contributed by atoms with Crippen LogP contribution in [0.25, 0.3) is 0 Å². The van der Waals surface area contributed by atoms with Crippen LogP contribution in [0.15, 0.2) is 12.2 Å². The maximum Gasteiger partial charge on any atom is -0.0199 e. The van der Waals surface area contributed by atoms with E-state index in [1.807, 2.05) is 0 Å². The zero-order chi connectivity index (χ0) is 11.4. The van der Waals surface area contributed by atoms with Crippen molar-refractivity contribution in [2.45, 2.75) is 51.9 Å². The van der Waals surface area contributed by atoms with Gasteiger partial charge in [0.15, 0.2) is 0 Å². The van der Waals surface area contributed by atoms with Crippen LogP contribution in [0.3, 0.4) is 0 Å². The molecule has 3 fully saturated rings. The predicted molar refractivity (Wildman–Crippen MR) is 71.6 cm³/mol. The molecular formula is C17H26. The first-order valence-electron chi connectivity index (χ1n) is 8.04. The summed E-state index contributed by atoms with van der Waals surface area (Å²) in [5, 5.41) is 0. The highest BCUT2D eigenvalue weighted by Gasteiger charge is 2.55. The molecule has 0 aromatic rings. The zero-order valence-corrected chi connectivity index (χ0v) is 11.1. The van der Waals surface area contributed by atoms with Gasteiger partial charge in [0, 0.05) is 0 Å². The summed E-state index contributed by atoms with van der Waals surface area (Å²) in [7, 11) is 0. The van der Waals surface area contributed by atoms with Crippen LogP contribution in [-0.2, 0) is 0 Å². The minimum Gasteiger partial charge on any atom is -0.0851 e. The van der Waals surface area contributed by atoms with Gasteiger partial charge in [0.2, 0.25) is 0 Å². The van der Waals surface area contributed by atoms with Crippen molar-refractivity contribution in [1.29, 1.82) is 0 Å². The van der Waals surface area contributed by atoms with Gasteiger partial charge in [0.05, 0.1) is 0 Å². The Hall–Kier alpha value is -0.260. The molecule has 0 heterocycles. The lowest BCUT2D eigenvalue weighted by atomic mass is 9.64. The number of hydrogen-bond acceptors (Lipinski definition) is 0. The highest BCUT2D eigenvalue weighted by atomic mass is 14.6. The van der Waals surface area contributed by atoms with Crippen LogP contribution < -0.4 is 0 Å². The largest absolute Gasteiger partial charge is 0.0851 e. The van der Waals surface area contributed by atoms with Crippen molar-refractivity contribution in [3.05, 3.63) is 12.2 Å². The van der Waals surface area contributed by atoms with E-state index in [0.29, 0.717) is 0 Å². The van der Waals surface area contributed by atoms with E-state index in [0.717, 1.165) is 41.4 Å². The minimum absolute atomic E-state index is 0.880. The highest BCUT2D eigenvalue weighted by molar-refractivity contribution is 5.13. The fourth-order valence-corrected chi connectivity index (χ4v) is 6.26. The molecule has 0 aliphatic heterocycles. The second-order valence-corrected chi connectivity index (χ2v) is 7.27. The topological polar surface area (TPSA) is 0 Å². The van der Waals surface area contributed by atoms with Gasteiger partial charge in [-0.2, -0.15) is 0 Å². The first-order valence-corrected chi connectivity index (χ1v) is 8.04. The molecule has 4 aliphatic carbocycles. The quantitative estimate of drug-likeness (QED) is 0.531. The van der Waals surface area contributed by atoms with Crippen LogP contribution in [0, 0.1) is 41.4 Å². The Morgan fingerprint density at radius 2 is 1.41 bits per heavy atom. The van der Waals surface area contributed by atoms with Crippen molar-refractivity contribution in [3.63, 3.8) is 0 Å². The molecule has 94 valence electrons. The molecule has 0 aromatic heterocycles. The van der Waals surface area contributed by atoms with Crippen LogP contribution in [-0.4, -0.2) is 0 Å². The van der Waals surface area contributed by atoms with Gasteiger partial charge in [-0.15, -0.1) is 0 Å². The molecule has 3 saturated carbocycles. The van der Waals surface area contributed by atoms with Gasteiger partial charge in [-0.1, -0.05) is 38.3 Å². The summed E-state index contributed by atoms with van der Waals surface area (Å²) in [4.78, 5) is 0. The average Bonchev–Trinajstić information content (AvgIpc) is 2.71. The SMILES string of the molecule is C[C@H]1C=CC2CCCC3C4CCCCC4C1C23. The summed E-state index contributed by atoms with van der Waals surface area (Å²) >= 11 is 0. The number of rotatable bonds is 0. The fourth-order valence-electron chi connectivity index (χ4n) is 6.26. The Morgan fingerprint density at radius 3 is 2.29 bits per heavy atom. The molecule has 0 nitrogen and oxygen atoms in total. The third-order valence-corrected chi connectivity index (χ3v) is 6.70. The van der Waals surface area contributed by atoms with Crippen LogP contribution >= 0.6 is 0 Å². The van der Waals surface area contributed by atoms with Crippen molar-refractivity contribution >= 4 is 0 Å². The molecule has 0 radical (unpaired) electrons. The Bertz CT molecular complexity index is 319. The van der Waals surface area contributed by atoms with E-state index in [2.05, 4.69) is 19.1 Å². The summed E-state index contributed by atoms with van der Waals surface area (Å²) < 4.78 is 0. The minimum atomic E-state index is 0.880. The van der Waals surface area contributed by atoms with E-state index in [1.165, 1.54) is 25.7 Å². The third kappa shape index (κ3) is 1.42. The Kier molecular flexibility index (Phi) is 2.42. The first kappa shape index (κ1) is 10.6. The summed E-state index contributed by atoms with van der Waals surface area (Å²) in [6.07, 6.45) is 16.0. The molecule has 0 saturated heterocycles. The molecular weight excluding hydrogens is 204 g/mol. The first-order chi connectivity index (χ1) is 8.36. The molecule has 0 bridgehead atoms. The molecule has 17 heavy (non-hydrogen) atoms. The van der Waals surface area contributed by atoms with Crippen molar-refractivity contribution in [2.24, 2.45) is 41.4 Å². The summed E-state index contributed by atoms with van der Waals surface area (Å²) in [6.45, 7) is 2.50. The molecule has 6 unspecified atom stereocenters. The smallest absolute Gasteiger partial charge is 0.0199 e. The van der Waals surface area contributed by atoms with Crippen molar-refractivity contribution < 1.29 is 0 Å². The molecule has 0 N–H and O–H groups in total. The molecule has 4 rings (SSSR count). The maximum atomic E-state index is 2.61. The molecule has 0 aromatic carbocycles. The Balaban J connectivity index is 1.74. The van der Waals surface area contributed by atoms with Crippen LogP contribution in [0.1, 0.15) is 51.9 Å². The van der Waals surface area contributed by atoms with E-state index in [-0.39, 0.29) is 0 Å². The van der Waals surface area contributed by atoms with Gasteiger partial charge in [-0.25, -0.2) is 0 Å². The summed E-state index contributed by atoms with van der Waals surface area (Å²) in [5.41, 5.74) is 0. The van der Waals surface area contributed by atoms with Gasteiger partial charge in [-0.3, -0.25) is 0 Å². The number of allylic oxidation sites excluding steroid dienone is 2. The van der Waals surface area contributed by atoms with Crippen LogP contribution in [0.4, 0.5) is 0 Å². The third-order valence-electron chi connectivity index (χ3n) is 6.70. The lowest BCUT2D eigenvalue weighted by molar-refractivity contribution is 0.125. The van der Waals surface area contributed by atoms with E-state index in [9.17, 15) is 0 Å². The van der Waals surface area contributed by atoms with Crippen LogP contribution in [0.5, 0.6) is 0 Å². The lowest BCUT2D eigenvalue weighted by Crippen LogP contribution is -2.34. The van der Waals surface area contributed by atoms with Crippen LogP contribution in [0.2, 0.25) is 0 Å². The van der Waals surface area contributed by atoms with Gasteiger partial charge in [0.25, 0.3) is 0 Å². The van der Waals surface area contributed by atoms with Crippen molar-refractivity contribution in [2.75, 3.05) is 0 Å². The highest BCUT2D eigenvalue weighted by Crippen LogP contribution is 2.62. The maximum absolute atomic E-state index is 2.61. The second kappa shape index (κ2) is 3.87. The summed E-state index contributed by atoms with van der Waals surface area (Å²) in [6, 6.07) is 0. The monoisotopic (exact) mass is 230 g/mol. The lowest BCUT2D eigenvalue weighted by Gasteiger charge is -2.41. The van der Waals surface area contributed by atoms with Gasteiger partial charge >= 0.3 is 0 Å². The Labute approximate surface area is 106 Å². The van der Waals surface area contributed by atoms with Crippen molar-refractivity contribution in [1.82, 2.24) is 0 Å². The second-order valence-electron chi connectivity index (χ2n) is 7.27. The van der Waals surface area contributed by atoms with E-state index >= 15 is 0 Å². The molecule has 7 atom stereocenters. The standard InChI is InChI=1S/C17H26/c1-11-9-10-12-5-4-8-15-13-6-2-3-7-14(13)16(11)17(12)15/h9-17H,2-8H2,1H3/t11-,12?,13?,14?,15?,16?,17?/m0/s1. The normalized spacial score (nSPS) is 56.4. The van der Waals surface area contributed by atoms with Gasteiger partial charge < -0.3 is 0 Å². The molecule has 4 aliphatic rings. The van der Waals surface area contributed by atoms with Crippen molar-refractivity contribution in [3.8, 4) is 0 Å². The van der Waals surface area contributed by atoms with Gasteiger partial charge in [-0.05, 0) is 67.1 Å². The molecule has 0 heteroatoms. The zero-order valence-electron chi connectivity index (χ0n) is 11.1. The number of fused-ring (bicyclic) bond motifs is 3. The van der Waals surface area contributed by atoms with Gasteiger partial charge in [0.1, 0.15) is 0 Å². The molecule has 0 amide bonds. The predicted octanol–water partition coefficient (Wildman–Crippen LogP) is 4.66. The summed E-state index contributed by atoms with van der Waals surface area (Å²) in [5.74, 6) is 7.38.